The van der Waals surface area contributed by atoms with Crippen LogP contribution in [-0.2, 0) is 0 Å². The monoisotopic (exact) mass is 303 g/mol. The van der Waals surface area contributed by atoms with Crippen molar-refractivity contribution in [2.45, 2.75) is 12.5 Å². The fourth-order valence-corrected chi connectivity index (χ4v) is 2.31. The molecule has 1 aliphatic rings. The predicted octanol–water partition coefficient (Wildman–Crippen LogP) is 2.31. The Hall–Kier alpha value is -0.580. The number of benzene rings is 1. The summed E-state index contributed by atoms with van der Waals surface area (Å²) < 4.78 is 0.813. The first-order valence-corrected chi connectivity index (χ1v) is 6.03. The van der Waals surface area contributed by atoms with Crippen LogP contribution in [0.25, 0.3) is 0 Å². The van der Waals surface area contributed by atoms with Crippen molar-refractivity contribution in [3.05, 3.63) is 33.3 Å². The molecule has 16 heavy (non-hydrogen) atoms. The average molecular weight is 305 g/mol. The number of aliphatic hydroxyl groups is 1. The van der Waals surface area contributed by atoms with Gasteiger partial charge in [0.15, 0.2) is 0 Å². The maximum atomic E-state index is 12.0. The minimum atomic E-state index is -0.756. The van der Waals surface area contributed by atoms with Crippen molar-refractivity contribution in [2.75, 3.05) is 13.1 Å². The first-order chi connectivity index (χ1) is 7.39. The van der Waals surface area contributed by atoms with Gasteiger partial charge in [0.05, 0.1) is 29.3 Å². The minimum absolute atomic E-state index is 0.141. The molecule has 5 heteroatoms. The van der Waals surface area contributed by atoms with Gasteiger partial charge in [-0.05, 0) is 25.1 Å². The summed E-state index contributed by atoms with van der Waals surface area (Å²) in [6.07, 6.45) is 0. The lowest BCUT2D eigenvalue weighted by Gasteiger charge is -2.44. The van der Waals surface area contributed by atoms with Gasteiger partial charge in [-0.1, -0.05) is 27.5 Å². The van der Waals surface area contributed by atoms with Crippen LogP contribution in [0.1, 0.15) is 17.3 Å². The maximum absolute atomic E-state index is 12.0. The number of likely N-dealkylation sites (tertiary alicyclic amines) is 1. The Labute approximate surface area is 107 Å². The fraction of sp³-hybridized carbons (Fsp3) is 0.364. The smallest absolute Gasteiger partial charge is 0.255 e. The molecule has 0 spiro atoms. The van der Waals surface area contributed by atoms with E-state index >= 15 is 0 Å². The maximum Gasteiger partial charge on any atom is 0.255 e. The summed E-state index contributed by atoms with van der Waals surface area (Å²) in [5.41, 5.74) is -0.291. The summed E-state index contributed by atoms with van der Waals surface area (Å²) in [4.78, 5) is 13.6. The lowest BCUT2D eigenvalue weighted by molar-refractivity contribution is -0.0668. The summed E-state index contributed by atoms with van der Waals surface area (Å²) in [7, 11) is 0. The average Bonchev–Trinajstić information content (AvgIpc) is 2.17. The van der Waals surface area contributed by atoms with E-state index in [1.54, 1.807) is 30.0 Å². The molecule has 2 rings (SSSR count). The molecule has 1 aliphatic heterocycles. The van der Waals surface area contributed by atoms with Gasteiger partial charge in [0.25, 0.3) is 5.91 Å². The predicted molar refractivity (Wildman–Crippen MR) is 65.7 cm³/mol. The van der Waals surface area contributed by atoms with E-state index in [-0.39, 0.29) is 5.91 Å². The van der Waals surface area contributed by atoms with Gasteiger partial charge in [-0.25, -0.2) is 0 Å². The van der Waals surface area contributed by atoms with Crippen LogP contribution in [0.5, 0.6) is 0 Å². The molecule has 0 radical (unpaired) electrons. The van der Waals surface area contributed by atoms with E-state index in [0.29, 0.717) is 23.7 Å². The van der Waals surface area contributed by atoms with Gasteiger partial charge in [-0.15, -0.1) is 0 Å². The first-order valence-electron chi connectivity index (χ1n) is 4.86. The van der Waals surface area contributed by atoms with Gasteiger partial charge in [0.2, 0.25) is 0 Å². The van der Waals surface area contributed by atoms with Crippen LogP contribution in [-0.4, -0.2) is 34.6 Å². The van der Waals surface area contributed by atoms with Crippen molar-refractivity contribution in [3.8, 4) is 0 Å². The first kappa shape index (κ1) is 11.9. The van der Waals surface area contributed by atoms with E-state index in [1.165, 1.54) is 0 Å². The van der Waals surface area contributed by atoms with Gasteiger partial charge < -0.3 is 10.0 Å². The molecule has 1 amide bonds. The summed E-state index contributed by atoms with van der Waals surface area (Å²) in [6, 6.07) is 5.15. The lowest BCUT2D eigenvalue weighted by atomic mass is 9.96. The van der Waals surface area contributed by atoms with Crippen molar-refractivity contribution < 1.29 is 9.90 Å². The van der Waals surface area contributed by atoms with E-state index in [1.807, 2.05) is 0 Å². The van der Waals surface area contributed by atoms with E-state index in [4.69, 9.17) is 11.6 Å². The highest BCUT2D eigenvalue weighted by Gasteiger charge is 2.40. The number of carbonyl (C=O) groups is 1. The molecule has 0 atom stereocenters. The van der Waals surface area contributed by atoms with Crippen LogP contribution < -0.4 is 0 Å². The molecular weight excluding hydrogens is 293 g/mol. The quantitative estimate of drug-likeness (QED) is 0.865. The highest BCUT2D eigenvalue weighted by molar-refractivity contribution is 9.10. The number of rotatable bonds is 1. The Morgan fingerprint density at radius 1 is 1.56 bits per heavy atom. The molecule has 1 heterocycles. The van der Waals surface area contributed by atoms with Gasteiger partial charge in [-0.3, -0.25) is 4.79 Å². The second kappa shape index (κ2) is 4.02. The molecule has 0 unspecified atom stereocenters. The van der Waals surface area contributed by atoms with Crippen molar-refractivity contribution in [3.63, 3.8) is 0 Å². The number of nitrogens with zero attached hydrogens (tertiary/aromatic N) is 1. The Balaban J connectivity index is 2.19. The van der Waals surface area contributed by atoms with Crippen LogP contribution >= 0.6 is 27.5 Å². The third kappa shape index (κ3) is 2.24. The van der Waals surface area contributed by atoms with Crippen LogP contribution in [0, 0.1) is 0 Å². The summed E-state index contributed by atoms with van der Waals surface area (Å²) in [5.74, 6) is -0.141. The number of hydrogen-bond donors (Lipinski definition) is 1. The molecule has 0 aromatic heterocycles. The van der Waals surface area contributed by atoms with Crippen molar-refractivity contribution in [1.82, 2.24) is 4.90 Å². The van der Waals surface area contributed by atoms with Gasteiger partial charge >= 0.3 is 0 Å². The molecule has 3 nitrogen and oxygen atoms in total. The number of carbonyl (C=O) groups excluding carboxylic acids is 1. The Morgan fingerprint density at radius 2 is 2.19 bits per heavy atom. The van der Waals surface area contributed by atoms with E-state index in [9.17, 15) is 9.90 Å². The summed E-state index contributed by atoms with van der Waals surface area (Å²) in [5, 5.41) is 10.00. The van der Waals surface area contributed by atoms with Crippen LogP contribution in [0.15, 0.2) is 22.7 Å². The van der Waals surface area contributed by atoms with E-state index in [0.717, 1.165) is 4.47 Å². The second-order valence-corrected chi connectivity index (χ2v) is 5.61. The second-order valence-electron chi connectivity index (χ2n) is 4.28. The van der Waals surface area contributed by atoms with E-state index < -0.39 is 5.60 Å². The Morgan fingerprint density at radius 3 is 2.75 bits per heavy atom. The SMILES string of the molecule is CC1(O)CN(C(=O)c2cc(Br)ccc2Cl)C1. The third-order valence-corrected chi connectivity index (χ3v) is 3.33. The molecule has 0 bridgehead atoms. The van der Waals surface area contributed by atoms with Crippen LogP contribution in [0.2, 0.25) is 5.02 Å². The van der Waals surface area contributed by atoms with Gasteiger partial charge in [0, 0.05) is 4.47 Å². The molecule has 1 N–H and O–H groups in total. The lowest BCUT2D eigenvalue weighted by Crippen LogP contribution is -2.61. The highest BCUT2D eigenvalue weighted by atomic mass is 79.9. The zero-order valence-corrected chi connectivity index (χ0v) is 11.0. The topological polar surface area (TPSA) is 40.5 Å². The number of amides is 1. The highest BCUT2D eigenvalue weighted by Crippen LogP contribution is 2.27. The van der Waals surface area contributed by atoms with Crippen molar-refractivity contribution >= 4 is 33.4 Å². The molecule has 0 saturated carbocycles. The van der Waals surface area contributed by atoms with Gasteiger partial charge in [-0.2, -0.15) is 0 Å². The number of hydrogen-bond acceptors (Lipinski definition) is 2. The Bertz CT molecular complexity index is 440. The standard InChI is InChI=1S/C11H11BrClNO2/c1-11(16)5-14(6-11)10(15)8-4-7(12)2-3-9(8)13/h2-4,16H,5-6H2,1H3. The number of halogens is 2. The molecule has 86 valence electrons. The van der Waals surface area contributed by atoms with Crippen LogP contribution in [0.3, 0.4) is 0 Å². The largest absolute Gasteiger partial charge is 0.386 e. The van der Waals surface area contributed by atoms with Crippen molar-refractivity contribution in [2.24, 2.45) is 0 Å². The summed E-state index contributed by atoms with van der Waals surface area (Å²) in [6.45, 7) is 2.42. The third-order valence-electron chi connectivity index (χ3n) is 2.51. The molecule has 1 fully saturated rings. The van der Waals surface area contributed by atoms with Crippen LogP contribution in [0.4, 0.5) is 0 Å². The summed E-state index contributed by atoms with van der Waals surface area (Å²) >= 11 is 9.25. The number of β-amino-alcohol motifs (C(OH)–C–C–N with tert-alkyl or cyclic N) is 1. The fourth-order valence-electron chi connectivity index (χ4n) is 1.75. The molecule has 1 aromatic carbocycles. The Kier molecular flexibility index (Phi) is 2.99. The van der Waals surface area contributed by atoms with Crippen molar-refractivity contribution in [1.29, 1.82) is 0 Å². The molecular formula is C11H11BrClNO2. The van der Waals surface area contributed by atoms with Gasteiger partial charge in [0.1, 0.15) is 0 Å². The molecule has 1 aromatic rings. The van der Waals surface area contributed by atoms with E-state index in [2.05, 4.69) is 15.9 Å². The zero-order chi connectivity index (χ0) is 11.9. The normalized spacial score (nSPS) is 18.1. The zero-order valence-electron chi connectivity index (χ0n) is 8.70. The minimum Gasteiger partial charge on any atom is -0.386 e. The molecule has 0 aliphatic carbocycles. The molecule has 1 saturated heterocycles.